The molecule has 2 heteroatoms. The zero-order chi connectivity index (χ0) is 17.5. The van der Waals surface area contributed by atoms with Crippen LogP contribution in [-0.2, 0) is 4.74 Å². The molecule has 0 aromatic heterocycles. The first-order chi connectivity index (χ1) is 10.8. The minimum atomic E-state index is -0.840. The summed E-state index contributed by atoms with van der Waals surface area (Å²) in [6.07, 6.45) is 15.1. The fourth-order valence-corrected chi connectivity index (χ4v) is 2.98. The van der Waals surface area contributed by atoms with Gasteiger partial charge in [0.2, 0.25) is 0 Å². The molecule has 1 rings (SSSR count). The van der Waals surface area contributed by atoms with E-state index in [-0.39, 0.29) is 5.41 Å². The van der Waals surface area contributed by atoms with E-state index in [1.54, 1.807) is 6.08 Å². The van der Waals surface area contributed by atoms with Gasteiger partial charge in [0.1, 0.15) is 0 Å². The van der Waals surface area contributed by atoms with Crippen LogP contribution in [0.3, 0.4) is 0 Å². The minimum Gasteiger partial charge on any atom is -0.365 e. The van der Waals surface area contributed by atoms with Crippen molar-refractivity contribution in [2.45, 2.75) is 60.2 Å². The molecule has 1 unspecified atom stereocenters. The Morgan fingerprint density at radius 1 is 1.22 bits per heavy atom. The zero-order valence-corrected chi connectivity index (χ0v) is 15.5. The van der Waals surface area contributed by atoms with Gasteiger partial charge in [0.05, 0.1) is 0 Å². The second-order valence-electron chi connectivity index (χ2n) is 7.07. The Bertz CT molecular complexity index is 542. The molecule has 0 aliphatic heterocycles. The Morgan fingerprint density at radius 3 is 2.52 bits per heavy atom. The lowest BCUT2D eigenvalue weighted by molar-refractivity contribution is -0.0360. The minimum absolute atomic E-state index is 0.282. The first-order valence-corrected chi connectivity index (χ1v) is 8.39. The number of aliphatic hydroxyl groups excluding tert-OH is 1. The highest BCUT2D eigenvalue weighted by molar-refractivity contribution is 5.37. The van der Waals surface area contributed by atoms with Crippen molar-refractivity contribution in [1.82, 2.24) is 0 Å². The van der Waals surface area contributed by atoms with Gasteiger partial charge in [-0.2, -0.15) is 0 Å². The van der Waals surface area contributed by atoms with E-state index < -0.39 is 6.29 Å². The Balaban J connectivity index is 2.75. The van der Waals surface area contributed by atoms with E-state index >= 15 is 0 Å². The van der Waals surface area contributed by atoms with Crippen LogP contribution in [0.25, 0.3) is 0 Å². The molecule has 128 valence electrons. The summed E-state index contributed by atoms with van der Waals surface area (Å²) in [5.74, 6) is 0. The molecule has 1 atom stereocenters. The van der Waals surface area contributed by atoms with E-state index in [9.17, 15) is 5.11 Å². The summed E-state index contributed by atoms with van der Waals surface area (Å²) in [5.41, 5.74) is 5.47. The molecule has 0 saturated carbocycles. The monoisotopic (exact) mass is 316 g/mol. The van der Waals surface area contributed by atoms with Crippen molar-refractivity contribution in [2.24, 2.45) is 5.41 Å². The Hall–Kier alpha value is -1.38. The van der Waals surface area contributed by atoms with Crippen molar-refractivity contribution >= 4 is 0 Å². The van der Waals surface area contributed by atoms with Crippen molar-refractivity contribution < 1.29 is 9.84 Å². The summed E-state index contributed by atoms with van der Waals surface area (Å²) >= 11 is 0. The summed E-state index contributed by atoms with van der Waals surface area (Å²) in [6, 6.07) is 0. The molecular formula is C21H32O2. The highest BCUT2D eigenvalue weighted by atomic mass is 16.6. The molecule has 0 radical (unpaired) electrons. The molecule has 0 heterocycles. The van der Waals surface area contributed by atoms with Crippen LogP contribution in [0, 0.1) is 5.41 Å². The third kappa shape index (κ3) is 6.72. The predicted octanol–water partition coefficient (Wildman–Crippen LogP) is 5.48. The standard InChI is InChI=1S/C21H32O2/c1-16(9-7-10-17(2)15-20(22)23-6)12-13-19-18(3)11-8-14-21(19,4)5/h7,9-10,12-13,15,20,22H,8,11,14H2,1-6H3. The second-order valence-corrected chi connectivity index (χ2v) is 7.07. The molecule has 1 aliphatic rings. The lowest BCUT2D eigenvalue weighted by Gasteiger charge is -2.32. The van der Waals surface area contributed by atoms with Crippen molar-refractivity contribution in [3.63, 3.8) is 0 Å². The number of hydrogen-bond donors (Lipinski definition) is 1. The quantitative estimate of drug-likeness (QED) is 0.519. The molecule has 0 bridgehead atoms. The Morgan fingerprint density at radius 2 is 1.91 bits per heavy atom. The molecule has 0 spiro atoms. The number of hydrogen-bond acceptors (Lipinski definition) is 2. The van der Waals surface area contributed by atoms with Crippen molar-refractivity contribution in [2.75, 3.05) is 7.11 Å². The Labute approximate surface area is 141 Å². The zero-order valence-electron chi connectivity index (χ0n) is 15.5. The normalized spacial score (nSPS) is 21.5. The van der Waals surface area contributed by atoms with Gasteiger partial charge >= 0.3 is 0 Å². The fourth-order valence-electron chi connectivity index (χ4n) is 2.98. The third-order valence-corrected chi connectivity index (χ3v) is 4.42. The fraction of sp³-hybridized carbons (Fsp3) is 0.524. The van der Waals surface area contributed by atoms with E-state index in [4.69, 9.17) is 4.74 Å². The maximum absolute atomic E-state index is 9.38. The van der Waals surface area contributed by atoms with Crippen LogP contribution in [0.1, 0.15) is 53.9 Å². The molecule has 23 heavy (non-hydrogen) atoms. The average Bonchev–Trinajstić information content (AvgIpc) is 2.45. The highest BCUT2D eigenvalue weighted by Crippen LogP contribution is 2.40. The van der Waals surface area contributed by atoms with Gasteiger partial charge < -0.3 is 9.84 Å². The number of ether oxygens (including phenoxy) is 1. The number of aliphatic hydroxyl groups is 1. The van der Waals surface area contributed by atoms with Crippen LogP contribution in [0.2, 0.25) is 0 Å². The maximum Gasteiger partial charge on any atom is 0.174 e. The average molecular weight is 316 g/mol. The molecule has 1 aliphatic carbocycles. The molecule has 2 nitrogen and oxygen atoms in total. The molecule has 1 N–H and O–H groups in total. The van der Waals surface area contributed by atoms with Gasteiger partial charge in [0, 0.05) is 7.11 Å². The summed E-state index contributed by atoms with van der Waals surface area (Å²) in [6.45, 7) is 11.0. The van der Waals surface area contributed by atoms with Crippen LogP contribution < -0.4 is 0 Å². The first-order valence-electron chi connectivity index (χ1n) is 8.39. The first kappa shape index (κ1) is 19.7. The largest absolute Gasteiger partial charge is 0.365 e. The highest BCUT2D eigenvalue weighted by Gasteiger charge is 2.26. The topological polar surface area (TPSA) is 29.5 Å². The van der Waals surface area contributed by atoms with Gasteiger partial charge in [-0.25, -0.2) is 0 Å². The smallest absolute Gasteiger partial charge is 0.174 e. The van der Waals surface area contributed by atoms with E-state index in [0.29, 0.717) is 0 Å². The van der Waals surface area contributed by atoms with Gasteiger partial charge in [-0.3, -0.25) is 0 Å². The molecule has 0 amide bonds. The SMILES string of the molecule is COC(O)C=C(C)C=CC=C(C)C=CC1=C(C)CCCC1(C)C. The van der Waals surface area contributed by atoms with Crippen LogP contribution in [-0.4, -0.2) is 18.5 Å². The van der Waals surface area contributed by atoms with E-state index in [2.05, 4.69) is 45.9 Å². The number of rotatable bonds is 6. The van der Waals surface area contributed by atoms with Gasteiger partial charge in [0.25, 0.3) is 0 Å². The lowest BCUT2D eigenvalue weighted by Crippen LogP contribution is -2.19. The summed E-state index contributed by atoms with van der Waals surface area (Å²) in [5, 5.41) is 9.38. The van der Waals surface area contributed by atoms with Gasteiger partial charge in [-0.15, -0.1) is 0 Å². The van der Waals surface area contributed by atoms with Crippen LogP contribution in [0.5, 0.6) is 0 Å². The van der Waals surface area contributed by atoms with Crippen LogP contribution in [0.15, 0.2) is 58.7 Å². The summed E-state index contributed by atoms with van der Waals surface area (Å²) in [7, 11) is 1.48. The summed E-state index contributed by atoms with van der Waals surface area (Å²) < 4.78 is 4.80. The molecule has 0 aromatic carbocycles. The molecule has 0 saturated heterocycles. The van der Waals surface area contributed by atoms with Gasteiger partial charge in [0.15, 0.2) is 6.29 Å². The molecule has 0 aromatic rings. The number of allylic oxidation sites excluding steroid dienone is 9. The van der Waals surface area contributed by atoms with Crippen LogP contribution in [0.4, 0.5) is 0 Å². The lowest BCUT2D eigenvalue weighted by atomic mass is 9.72. The van der Waals surface area contributed by atoms with E-state index in [1.807, 2.05) is 19.1 Å². The van der Waals surface area contributed by atoms with Crippen LogP contribution >= 0.6 is 0 Å². The molecular weight excluding hydrogens is 284 g/mol. The van der Waals surface area contributed by atoms with Crippen molar-refractivity contribution in [3.05, 3.63) is 58.7 Å². The van der Waals surface area contributed by atoms with Crippen molar-refractivity contribution in [1.29, 1.82) is 0 Å². The van der Waals surface area contributed by atoms with Gasteiger partial charge in [-0.05, 0) is 57.1 Å². The van der Waals surface area contributed by atoms with Gasteiger partial charge in [-0.1, -0.05) is 60.9 Å². The van der Waals surface area contributed by atoms with Crippen molar-refractivity contribution in [3.8, 4) is 0 Å². The third-order valence-electron chi connectivity index (χ3n) is 4.42. The summed E-state index contributed by atoms with van der Waals surface area (Å²) in [4.78, 5) is 0. The van der Waals surface area contributed by atoms with E-state index in [1.165, 1.54) is 43.1 Å². The predicted molar refractivity (Wildman–Crippen MR) is 99.1 cm³/mol. The number of methoxy groups -OCH3 is 1. The maximum atomic E-state index is 9.38. The van der Waals surface area contributed by atoms with E-state index in [0.717, 1.165) is 5.57 Å². The molecule has 0 fully saturated rings. The Kier molecular flexibility index (Phi) is 7.74. The second kappa shape index (κ2) is 9.05.